The van der Waals surface area contributed by atoms with Crippen LogP contribution in [0.4, 0.5) is 8.78 Å². The molecule has 8 heteroatoms. The van der Waals surface area contributed by atoms with E-state index >= 15 is 0 Å². The Morgan fingerprint density at radius 3 is 2.25 bits per heavy atom. The van der Waals surface area contributed by atoms with Gasteiger partial charge in [0.1, 0.15) is 11.6 Å². The van der Waals surface area contributed by atoms with Gasteiger partial charge in [-0.25, -0.2) is 21.9 Å². The number of nitrogens with one attached hydrogen (secondary N) is 1. The number of rotatable bonds is 4. The third-order valence-electron chi connectivity index (χ3n) is 3.25. The average Bonchev–Trinajstić information content (AvgIpc) is 2.38. The van der Waals surface area contributed by atoms with Crippen LogP contribution in [0.25, 0.3) is 0 Å². The van der Waals surface area contributed by atoms with E-state index in [4.69, 9.17) is 4.74 Å². The summed E-state index contributed by atoms with van der Waals surface area (Å²) in [6, 6.07) is 2.06. The summed E-state index contributed by atoms with van der Waals surface area (Å²) in [7, 11) is -4.12. The molecule has 1 heterocycles. The Labute approximate surface area is 115 Å². The van der Waals surface area contributed by atoms with Gasteiger partial charge >= 0.3 is 0 Å². The summed E-state index contributed by atoms with van der Waals surface area (Å²) in [6.07, 6.45) is 0.584. The van der Waals surface area contributed by atoms with Gasteiger partial charge in [0.2, 0.25) is 10.0 Å². The van der Waals surface area contributed by atoms with E-state index in [1.807, 2.05) is 0 Å². The maximum atomic E-state index is 13.1. The van der Waals surface area contributed by atoms with E-state index in [1.54, 1.807) is 0 Å². The molecule has 20 heavy (non-hydrogen) atoms. The van der Waals surface area contributed by atoms with Gasteiger partial charge < -0.3 is 9.84 Å². The highest BCUT2D eigenvalue weighted by molar-refractivity contribution is 7.89. The molecule has 0 radical (unpaired) electrons. The molecular weight excluding hydrogens is 292 g/mol. The zero-order valence-corrected chi connectivity index (χ0v) is 11.4. The molecule has 0 aromatic heterocycles. The Kier molecular flexibility index (Phi) is 4.38. The van der Waals surface area contributed by atoms with Crippen LogP contribution in [0.2, 0.25) is 0 Å². The molecule has 1 fully saturated rings. The fourth-order valence-electron chi connectivity index (χ4n) is 2.08. The number of aliphatic hydroxyl groups is 1. The van der Waals surface area contributed by atoms with E-state index in [0.29, 0.717) is 32.1 Å². The highest BCUT2D eigenvalue weighted by Crippen LogP contribution is 2.24. The van der Waals surface area contributed by atoms with Crippen LogP contribution < -0.4 is 4.72 Å². The lowest BCUT2D eigenvalue weighted by Crippen LogP contribution is -2.54. The van der Waals surface area contributed by atoms with Crippen LogP contribution in [-0.2, 0) is 14.8 Å². The van der Waals surface area contributed by atoms with Gasteiger partial charge in [-0.3, -0.25) is 0 Å². The molecule has 0 bridgehead atoms. The molecule has 0 unspecified atom stereocenters. The number of hydrogen-bond acceptors (Lipinski definition) is 4. The van der Waals surface area contributed by atoms with Crippen molar-refractivity contribution >= 4 is 10.0 Å². The Hall–Kier alpha value is -1.09. The predicted octanol–water partition coefficient (Wildman–Crippen LogP) is 0.785. The molecule has 1 aliphatic heterocycles. The van der Waals surface area contributed by atoms with Crippen LogP contribution in [0, 0.1) is 11.6 Å². The topological polar surface area (TPSA) is 75.6 Å². The fraction of sp³-hybridized carbons (Fsp3) is 0.500. The van der Waals surface area contributed by atoms with Gasteiger partial charge in [-0.1, -0.05) is 0 Å². The highest BCUT2D eigenvalue weighted by Gasteiger charge is 2.36. The molecule has 0 saturated carbocycles. The highest BCUT2D eigenvalue weighted by atomic mass is 32.2. The molecule has 5 nitrogen and oxygen atoms in total. The summed E-state index contributed by atoms with van der Waals surface area (Å²) >= 11 is 0. The first-order valence-electron chi connectivity index (χ1n) is 6.06. The normalized spacial score (nSPS) is 18.9. The van der Waals surface area contributed by atoms with Crippen molar-refractivity contribution in [2.75, 3.05) is 19.8 Å². The van der Waals surface area contributed by atoms with Gasteiger partial charge in [-0.15, -0.1) is 0 Å². The van der Waals surface area contributed by atoms with Gasteiger partial charge in [0.05, 0.1) is 17.0 Å². The lowest BCUT2D eigenvalue weighted by atomic mass is 9.93. The van der Waals surface area contributed by atoms with Gasteiger partial charge in [0.15, 0.2) is 0 Å². The Balaban J connectivity index is 2.30. The van der Waals surface area contributed by atoms with Crippen LogP contribution in [0.3, 0.4) is 0 Å². The first kappa shape index (κ1) is 15.3. The van der Waals surface area contributed by atoms with Crippen LogP contribution in [0.1, 0.15) is 12.8 Å². The van der Waals surface area contributed by atoms with Crippen molar-refractivity contribution in [1.29, 1.82) is 0 Å². The second-order valence-electron chi connectivity index (χ2n) is 4.76. The molecule has 0 atom stereocenters. The Bertz CT molecular complexity index is 565. The lowest BCUT2D eigenvalue weighted by Gasteiger charge is -2.35. The van der Waals surface area contributed by atoms with Crippen molar-refractivity contribution in [2.24, 2.45) is 0 Å². The van der Waals surface area contributed by atoms with Crippen LogP contribution >= 0.6 is 0 Å². The molecule has 112 valence electrons. The van der Waals surface area contributed by atoms with Crippen molar-refractivity contribution in [3.8, 4) is 0 Å². The minimum Gasteiger partial charge on any atom is -0.394 e. The fourth-order valence-corrected chi connectivity index (χ4v) is 3.57. The first-order chi connectivity index (χ1) is 9.37. The van der Waals surface area contributed by atoms with Crippen LogP contribution in [-0.4, -0.2) is 38.9 Å². The summed E-state index contributed by atoms with van der Waals surface area (Å²) < 4.78 is 58.0. The summed E-state index contributed by atoms with van der Waals surface area (Å²) in [5.41, 5.74) is -1.06. The van der Waals surface area contributed by atoms with E-state index in [1.165, 1.54) is 0 Å². The molecule has 1 aromatic carbocycles. The van der Waals surface area contributed by atoms with Crippen LogP contribution in [0.5, 0.6) is 0 Å². The minimum atomic E-state index is -4.12. The van der Waals surface area contributed by atoms with E-state index in [9.17, 15) is 22.3 Å². The molecule has 1 aromatic rings. The second kappa shape index (κ2) is 5.72. The van der Waals surface area contributed by atoms with Gasteiger partial charge in [0.25, 0.3) is 0 Å². The third-order valence-corrected chi connectivity index (χ3v) is 4.81. The molecule has 2 rings (SSSR count). The largest absolute Gasteiger partial charge is 0.394 e. The minimum absolute atomic E-state index is 0.292. The lowest BCUT2D eigenvalue weighted by molar-refractivity contribution is 0.0223. The number of sulfonamides is 1. The zero-order valence-electron chi connectivity index (χ0n) is 10.6. The molecule has 1 aliphatic rings. The smallest absolute Gasteiger partial charge is 0.241 e. The molecule has 0 spiro atoms. The maximum Gasteiger partial charge on any atom is 0.241 e. The standard InChI is InChI=1S/C12H15F2NO4S/c13-9-5-10(14)7-11(6-9)20(17,18)15-12(8-16)1-3-19-4-2-12/h5-7,15-16H,1-4,8H2. The van der Waals surface area contributed by atoms with Crippen molar-refractivity contribution in [2.45, 2.75) is 23.3 Å². The molecule has 1 saturated heterocycles. The van der Waals surface area contributed by atoms with Crippen molar-refractivity contribution in [3.63, 3.8) is 0 Å². The van der Waals surface area contributed by atoms with E-state index in [0.717, 1.165) is 12.1 Å². The summed E-state index contributed by atoms with van der Waals surface area (Å²) in [6.45, 7) is 0.203. The van der Waals surface area contributed by atoms with Gasteiger partial charge in [0, 0.05) is 19.3 Å². The molecule has 2 N–H and O–H groups in total. The number of benzene rings is 1. The number of hydrogen-bond donors (Lipinski definition) is 2. The number of ether oxygens (including phenoxy) is 1. The van der Waals surface area contributed by atoms with Crippen molar-refractivity contribution in [1.82, 2.24) is 4.72 Å². The third kappa shape index (κ3) is 3.32. The van der Waals surface area contributed by atoms with E-state index < -0.39 is 38.7 Å². The molecule has 0 aliphatic carbocycles. The Morgan fingerprint density at radius 2 is 1.75 bits per heavy atom. The first-order valence-corrected chi connectivity index (χ1v) is 7.54. The van der Waals surface area contributed by atoms with Crippen LogP contribution in [0.15, 0.2) is 23.1 Å². The Morgan fingerprint density at radius 1 is 1.20 bits per heavy atom. The maximum absolute atomic E-state index is 13.1. The summed E-state index contributed by atoms with van der Waals surface area (Å²) in [4.78, 5) is -0.505. The predicted molar refractivity (Wildman–Crippen MR) is 66.5 cm³/mol. The number of halogens is 2. The molecule has 0 amide bonds. The number of aliphatic hydroxyl groups excluding tert-OH is 1. The molecular formula is C12H15F2NO4S. The second-order valence-corrected chi connectivity index (χ2v) is 6.44. The quantitative estimate of drug-likeness (QED) is 0.862. The van der Waals surface area contributed by atoms with Crippen molar-refractivity contribution in [3.05, 3.63) is 29.8 Å². The van der Waals surface area contributed by atoms with E-state index in [2.05, 4.69) is 4.72 Å². The average molecular weight is 307 g/mol. The monoisotopic (exact) mass is 307 g/mol. The van der Waals surface area contributed by atoms with Gasteiger partial charge in [-0.05, 0) is 25.0 Å². The van der Waals surface area contributed by atoms with Gasteiger partial charge in [-0.2, -0.15) is 0 Å². The summed E-state index contributed by atoms with van der Waals surface area (Å²) in [5, 5.41) is 9.43. The van der Waals surface area contributed by atoms with Crippen molar-refractivity contribution < 1.29 is 27.0 Å². The summed E-state index contributed by atoms with van der Waals surface area (Å²) in [5.74, 6) is -1.95. The SMILES string of the molecule is O=S(=O)(NC1(CO)CCOCC1)c1cc(F)cc(F)c1. The zero-order chi connectivity index (χ0) is 14.8. The van der Waals surface area contributed by atoms with E-state index in [-0.39, 0.29) is 0 Å².